The second-order valence-electron chi connectivity index (χ2n) is 4.16. The SMILES string of the molecule is CN(C)C(=O)N1CCc2occc2C1C(=O)O. The second kappa shape index (κ2) is 4.12. The lowest BCUT2D eigenvalue weighted by atomic mass is 10.00. The minimum Gasteiger partial charge on any atom is -0.479 e. The predicted octanol–water partition coefficient (Wildman–Crippen LogP) is 0.945. The van der Waals surface area contributed by atoms with Crippen molar-refractivity contribution in [3.05, 3.63) is 23.7 Å². The lowest BCUT2D eigenvalue weighted by Crippen LogP contribution is -2.47. The maximum atomic E-state index is 11.9. The maximum Gasteiger partial charge on any atom is 0.331 e. The topological polar surface area (TPSA) is 74.0 Å². The van der Waals surface area contributed by atoms with Crippen LogP contribution in [0, 0.1) is 0 Å². The molecule has 2 rings (SSSR count). The van der Waals surface area contributed by atoms with Gasteiger partial charge in [-0.25, -0.2) is 9.59 Å². The largest absolute Gasteiger partial charge is 0.479 e. The van der Waals surface area contributed by atoms with Crippen LogP contribution in [0.1, 0.15) is 17.4 Å². The number of aliphatic carboxylic acids is 1. The Bertz CT molecular complexity index is 452. The van der Waals surface area contributed by atoms with Gasteiger partial charge in [0.05, 0.1) is 6.26 Å². The van der Waals surface area contributed by atoms with E-state index in [1.54, 1.807) is 20.2 Å². The highest BCUT2D eigenvalue weighted by molar-refractivity contribution is 5.84. The van der Waals surface area contributed by atoms with E-state index in [-0.39, 0.29) is 6.03 Å². The molecular formula is C11H14N2O4. The van der Waals surface area contributed by atoms with Gasteiger partial charge in [-0.2, -0.15) is 0 Å². The van der Waals surface area contributed by atoms with Gasteiger partial charge >= 0.3 is 12.0 Å². The molecule has 0 saturated carbocycles. The molecule has 0 bridgehead atoms. The van der Waals surface area contributed by atoms with Gasteiger partial charge in [0.25, 0.3) is 0 Å². The molecule has 0 aromatic carbocycles. The molecule has 0 aliphatic carbocycles. The number of furan rings is 1. The zero-order valence-electron chi connectivity index (χ0n) is 9.71. The minimum absolute atomic E-state index is 0.302. The van der Waals surface area contributed by atoms with Gasteiger partial charge in [0.15, 0.2) is 6.04 Å². The van der Waals surface area contributed by atoms with Gasteiger partial charge < -0.3 is 19.3 Å². The number of carbonyl (C=O) groups excluding carboxylic acids is 1. The van der Waals surface area contributed by atoms with Gasteiger partial charge in [-0.05, 0) is 6.07 Å². The molecule has 1 N–H and O–H groups in total. The third-order valence-electron chi connectivity index (χ3n) is 2.83. The Balaban J connectivity index is 2.37. The van der Waals surface area contributed by atoms with Crippen molar-refractivity contribution in [2.75, 3.05) is 20.6 Å². The zero-order chi connectivity index (χ0) is 12.6. The van der Waals surface area contributed by atoms with Crippen LogP contribution in [0.25, 0.3) is 0 Å². The van der Waals surface area contributed by atoms with Crippen molar-refractivity contribution >= 4 is 12.0 Å². The molecule has 2 heterocycles. The molecule has 1 aliphatic heterocycles. The highest BCUT2D eigenvalue weighted by Crippen LogP contribution is 2.31. The fraction of sp³-hybridized carbons (Fsp3) is 0.455. The molecule has 6 heteroatoms. The number of carbonyl (C=O) groups is 2. The lowest BCUT2D eigenvalue weighted by Gasteiger charge is -2.34. The van der Waals surface area contributed by atoms with Crippen molar-refractivity contribution in [2.45, 2.75) is 12.5 Å². The molecule has 1 aliphatic rings. The van der Waals surface area contributed by atoms with E-state index < -0.39 is 12.0 Å². The summed E-state index contributed by atoms with van der Waals surface area (Å²) in [5, 5.41) is 9.25. The zero-order valence-corrected chi connectivity index (χ0v) is 9.71. The monoisotopic (exact) mass is 238 g/mol. The molecule has 1 unspecified atom stereocenters. The van der Waals surface area contributed by atoms with Crippen molar-refractivity contribution in [2.24, 2.45) is 0 Å². The molecule has 2 amide bonds. The lowest BCUT2D eigenvalue weighted by molar-refractivity contribution is -0.143. The second-order valence-corrected chi connectivity index (χ2v) is 4.16. The number of urea groups is 1. The number of carboxylic acid groups (broad SMARTS) is 1. The van der Waals surface area contributed by atoms with Gasteiger partial charge in [-0.3, -0.25) is 0 Å². The highest BCUT2D eigenvalue weighted by atomic mass is 16.4. The molecule has 0 radical (unpaired) electrons. The summed E-state index contributed by atoms with van der Waals surface area (Å²) in [7, 11) is 3.21. The first-order chi connectivity index (χ1) is 8.02. The third-order valence-corrected chi connectivity index (χ3v) is 2.83. The molecule has 6 nitrogen and oxygen atoms in total. The average molecular weight is 238 g/mol. The molecule has 0 saturated heterocycles. The minimum atomic E-state index is -1.04. The number of fused-ring (bicyclic) bond motifs is 1. The Morgan fingerprint density at radius 3 is 2.82 bits per heavy atom. The summed E-state index contributed by atoms with van der Waals surface area (Å²) < 4.78 is 5.21. The Labute approximate surface area is 98.4 Å². The van der Waals surface area contributed by atoms with E-state index in [4.69, 9.17) is 4.42 Å². The number of carboxylic acids is 1. The van der Waals surface area contributed by atoms with Crippen molar-refractivity contribution in [1.82, 2.24) is 9.80 Å². The van der Waals surface area contributed by atoms with E-state index in [0.29, 0.717) is 24.3 Å². The van der Waals surface area contributed by atoms with E-state index in [1.165, 1.54) is 16.1 Å². The van der Waals surface area contributed by atoms with Gasteiger partial charge in [0.1, 0.15) is 5.76 Å². The van der Waals surface area contributed by atoms with Crippen LogP contribution in [0.15, 0.2) is 16.7 Å². The fourth-order valence-electron chi connectivity index (χ4n) is 2.05. The van der Waals surface area contributed by atoms with Crippen LogP contribution in [0.4, 0.5) is 4.79 Å². The van der Waals surface area contributed by atoms with Crippen LogP contribution >= 0.6 is 0 Å². The quantitative estimate of drug-likeness (QED) is 0.790. The predicted molar refractivity (Wildman–Crippen MR) is 58.6 cm³/mol. The van der Waals surface area contributed by atoms with E-state index in [0.717, 1.165) is 0 Å². The fourth-order valence-corrected chi connectivity index (χ4v) is 2.05. The van der Waals surface area contributed by atoms with Gasteiger partial charge in [-0.15, -0.1) is 0 Å². The number of hydrogen-bond donors (Lipinski definition) is 1. The summed E-state index contributed by atoms with van der Waals surface area (Å²) in [6.07, 6.45) is 2.01. The van der Waals surface area contributed by atoms with Gasteiger partial charge in [0, 0.05) is 32.6 Å². The van der Waals surface area contributed by atoms with Crippen LogP contribution in [-0.4, -0.2) is 47.5 Å². The summed E-state index contributed by atoms with van der Waals surface area (Å²) in [5.74, 6) is -0.386. The van der Waals surface area contributed by atoms with Crippen molar-refractivity contribution in [3.63, 3.8) is 0 Å². The molecule has 92 valence electrons. The van der Waals surface area contributed by atoms with Crippen LogP contribution < -0.4 is 0 Å². The first kappa shape index (κ1) is 11.5. The molecule has 1 aromatic heterocycles. The highest BCUT2D eigenvalue weighted by Gasteiger charge is 2.38. The van der Waals surface area contributed by atoms with Crippen LogP contribution in [0.5, 0.6) is 0 Å². The number of nitrogens with zero attached hydrogens (tertiary/aromatic N) is 2. The molecule has 17 heavy (non-hydrogen) atoms. The Hall–Kier alpha value is -1.98. The Morgan fingerprint density at radius 1 is 1.53 bits per heavy atom. The summed E-state index contributed by atoms with van der Waals surface area (Å²) in [5.41, 5.74) is 0.568. The molecular weight excluding hydrogens is 224 g/mol. The van der Waals surface area contributed by atoms with Crippen molar-refractivity contribution < 1.29 is 19.1 Å². The van der Waals surface area contributed by atoms with Crippen molar-refractivity contribution in [3.8, 4) is 0 Å². The summed E-state index contributed by atoms with van der Waals surface area (Å²) >= 11 is 0. The van der Waals surface area contributed by atoms with E-state index in [9.17, 15) is 14.7 Å². The first-order valence-electron chi connectivity index (χ1n) is 5.29. The van der Waals surface area contributed by atoms with Crippen LogP contribution in [0.2, 0.25) is 0 Å². The maximum absolute atomic E-state index is 11.9. The summed E-state index contributed by atoms with van der Waals surface area (Å²) in [6, 6.07) is 0.361. The molecule has 0 fully saturated rings. The number of amides is 2. The standard InChI is InChI=1S/C11H14N2O4/c1-12(2)11(16)13-5-3-8-7(4-6-17-8)9(13)10(14)15/h4,6,9H,3,5H2,1-2H3,(H,14,15). The van der Waals surface area contributed by atoms with Gasteiger partial charge in [-0.1, -0.05) is 0 Å². The molecule has 1 aromatic rings. The van der Waals surface area contributed by atoms with Crippen LogP contribution in [-0.2, 0) is 11.2 Å². The van der Waals surface area contributed by atoms with E-state index >= 15 is 0 Å². The summed E-state index contributed by atoms with van der Waals surface area (Å²) in [4.78, 5) is 25.9. The Morgan fingerprint density at radius 2 is 2.24 bits per heavy atom. The van der Waals surface area contributed by atoms with Crippen LogP contribution in [0.3, 0.4) is 0 Å². The molecule has 1 atom stereocenters. The normalized spacial score (nSPS) is 18.7. The smallest absolute Gasteiger partial charge is 0.331 e. The third kappa shape index (κ3) is 1.86. The van der Waals surface area contributed by atoms with E-state index in [1.807, 2.05) is 0 Å². The number of rotatable bonds is 1. The van der Waals surface area contributed by atoms with Gasteiger partial charge in [0.2, 0.25) is 0 Å². The Kier molecular flexibility index (Phi) is 2.79. The molecule has 0 spiro atoms. The summed E-state index contributed by atoms with van der Waals surface area (Å²) in [6.45, 7) is 0.356. The van der Waals surface area contributed by atoms with E-state index in [2.05, 4.69) is 0 Å². The average Bonchev–Trinajstić information content (AvgIpc) is 2.73. The first-order valence-corrected chi connectivity index (χ1v) is 5.29. The van der Waals surface area contributed by atoms with Crippen molar-refractivity contribution in [1.29, 1.82) is 0 Å². The number of hydrogen-bond acceptors (Lipinski definition) is 3.